The number of halogens is 3. The van der Waals surface area contributed by atoms with Gasteiger partial charge in [-0.2, -0.15) is 0 Å². The van der Waals surface area contributed by atoms with Gasteiger partial charge in [-0.15, -0.1) is 0 Å². The first-order valence-electron chi connectivity index (χ1n) is 8.22. The molecule has 0 radical (unpaired) electrons. The van der Waals surface area contributed by atoms with Gasteiger partial charge in [-0.25, -0.2) is 13.2 Å². The zero-order valence-electron chi connectivity index (χ0n) is 14.4. The Morgan fingerprint density at radius 2 is 1.56 bits per heavy atom. The molecule has 1 amide bonds. The summed E-state index contributed by atoms with van der Waals surface area (Å²) in [7, 11) is 0. The normalized spacial score (nSPS) is 11.7. The van der Waals surface area contributed by atoms with Crippen molar-refractivity contribution in [2.45, 2.75) is 13.0 Å². The van der Waals surface area contributed by atoms with Crippen LogP contribution < -0.4 is 10.1 Å². The summed E-state index contributed by atoms with van der Waals surface area (Å²) in [6.07, 6.45) is 0. The smallest absolute Gasteiger partial charge is 0.255 e. The van der Waals surface area contributed by atoms with E-state index < -0.39 is 23.4 Å². The predicted octanol–water partition coefficient (Wildman–Crippen LogP) is 5.39. The van der Waals surface area contributed by atoms with Crippen LogP contribution in [0.4, 0.5) is 13.2 Å². The van der Waals surface area contributed by atoms with Gasteiger partial charge in [0.15, 0.2) is 11.6 Å². The second-order valence-corrected chi connectivity index (χ2v) is 5.92. The second kappa shape index (κ2) is 7.95. The Balaban J connectivity index is 1.88. The third-order valence-electron chi connectivity index (χ3n) is 3.96. The number of carbonyl (C=O) groups excluding carboxylic acids is 1. The van der Waals surface area contributed by atoms with Crippen LogP contribution in [0.2, 0.25) is 0 Å². The van der Waals surface area contributed by atoms with Crippen molar-refractivity contribution in [2.75, 3.05) is 0 Å². The van der Waals surface area contributed by atoms with E-state index in [1.165, 1.54) is 12.1 Å². The summed E-state index contributed by atoms with van der Waals surface area (Å²) < 4.78 is 45.9. The highest BCUT2D eigenvalue weighted by molar-refractivity contribution is 5.97. The Morgan fingerprint density at radius 1 is 0.926 bits per heavy atom. The minimum Gasteiger partial charge on any atom is -0.456 e. The maximum Gasteiger partial charge on any atom is 0.255 e. The highest BCUT2D eigenvalue weighted by Gasteiger charge is 2.20. The lowest BCUT2D eigenvalue weighted by atomic mass is 10.1. The number of carbonyl (C=O) groups is 1. The largest absolute Gasteiger partial charge is 0.456 e. The Hall–Kier alpha value is -3.28. The van der Waals surface area contributed by atoms with Gasteiger partial charge in [-0.1, -0.05) is 30.3 Å². The van der Waals surface area contributed by atoms with Gasteiger partial charge in [0.05, 0.1) is 11.6 Å². The third-order valence-corrected chi connectivity index (χ3v) is 3.96. The fourth-order valence-corrected chi connectivity index (χ4v) is 2.52. The molecule has 0 fully saturated rings. The quantitative estimate of drug-likeness (QED) is 0.653. The van der Waals surface area contributed by atoms with Gasteiger partial charge in [-0.3, -0.25) is 4.79 Å². The standard InChI is InChI=1S/C21H16F3NO2/c1-13(14-5-3-2-4-6-14)25-21(26)17-11-18(23)19(24)12-20(17)27-16-9-7-15(22)8-10-16/h2-13H,1H3,(H,25,26)/t13-/m0/s1. The maximum absolute atomic E-state index is 13.7. The molecule has 0 aliphatic carbocycles. The Kier molecular flexibility index (Phi) is 5.45. The zero-order valence-corrected chi connectivity index (χ0v) is 14.4. The molecule has 0 aromatic heterocycles. The SMILES string of the molecule is C[C@H](NC(=O)c1cc(F)c(F)cc1Oc1ccc(F)cc1)c1ccccc1. The van der Waals surface area contributed by atoms with E-state index in [4.69, 9.17) is 4.74 Å². The minimum atomic E-state index is -1.17. The van der Waals surface area contributed by atoms with E-state index in [2.05, 4.69) is 5.32 Å². The van der Waals surface area contributed by atoms with E-state index in [0.29, 0.717) is 0 Å². The fraction of sp³-hybridized carbons (Fsp3) is 0.0952. The zero-order chi connectivity index (χ0) is 19.4. The van der Waals surface area contributed by atoms with Crippen LogP contribution in [0.5, 0.6) is 11.5 Å². The average molecular weight is 371 g/mol. The molecule has 27 heavy (non-hydrogen) atoms. The fourth-order valence-electron chi connectivity index (χ4n) is 2.52. The maximum atomic E-state index is 13.7. The number of hydrogen-bond donors (Lipinski definition) is 1. The molecular weight excluding hydrogens is 355 g/mol. The van der Waals surface area contributed by atoms with E-state index in [9.17, 15) is 18.0 Å². The number of ether oxygens (including phenoxy) is 1. The molecule has 0 heterocycles. The molecule has 0 saturated heterocycles. The molecule has 0 saturated carbocycles. The second-order valence-electron chi connectivity index (χ2n) is 5.92. The van der Waals surface area contributed by atoms with E-state index in [0.717, 1.165) is 29.8 Å². The van der Waals surface area contributed by atoms with Crippen LogP contribution in [-0.4, -0.2) is 5.91 Å². The lowest BCUT2D eigenvalue weighted by Gasteiger charge is -2.16. The molecule has 0 bridgehead atoms. The van der Waals surface area contributed by atoms with E-state index in [1.54, 1.807) is 6.92 Å². The summed E-state index contributed by atoms with van der Waals surface area (Å²) in [5.74, 6) is -3.39. The van der Waals surface area contributed by atoms with E-state index >= 15 is 0 Å². The number of benzene rings is 3. The average Bonchev–Trinajstić information content (AvgIpc) is 2.67. The van der Waals surface area contributed by atoms with Crippen molar-refractivity contribution < 1.29 is 22.7 Å². The van der Waals surface area contributed by atoms with E-state index in [-0.39, 0.29) is 23.1 Å². The van der Waals surface area contributed by atoms with Crippen molar-refractivity contribution >= 4 is 5.91 Å². The van der Waals surface area contributed by atoms with Crippen molar-refractivity contribution in [3.8, 4) is 11.5 Å². The lowest BCUT2D eigenvalue weighted by molar-refractivity contribution is 0.0937. The minimum absolute atomic E-state index is 0.166. The molecule has 0 aliphatic rings. The molecule has 3 aromatic carbocycles. The third kappa shape index (κ3) is 4.47. The van der Waals surface area contributed by atoms with Gasteiger partial charge in [-0.05, 0) is 42.8 Å². The topological polar surface area (TPSA) is 38.3 Å². The van der Waals surface area contributed by atoms with Crippen molar-refractivity contribution in [3.05, 3.63) is 95.3 Å². The van der Waals surface area contributed by atoms with Crippen LogP contribution in [0.15, 0.2) is 66.7 Å². The van der Waals surface area contributed by atoms with Crippen molar-refractivity contribution in [3.63, 3.8) is 0 Å². The summed E-state index contributed by atoms with van der Waals surface area (Å²) in [5.41, 5.74) is 0.690. The first-order valence-corrected chi connectivity index (χ1v) is 8.22. The molecular formula is C21H16F3NO2. The summed E-state index contributed by atoms with van der Waals surface area (Å²) in [4.78, 5) is 12.6. The summed E-state index contributed by atoms with van der Waals surface area (Å²) in [5, 5.41) is 2.73. The highest BCUT2D eigenvalue weighted by atomic mass is 19.2. The Morgan fingerprint density at radius 3 is 2.22 bits per heavy atom. The monoisotopic (exact) mass is 371 g/mol. The lowest BCUT2D eigenvalue weighted by Crippen LogP contribution is -2.27. The molecule has 0 spiro atoms. The van der Waals surface area contributed by atoms with Crippen molar-refractivity contribution in [1.29, 1.82) is 0 Å². The number of rotatable bonds is 5. The highest BCUT2D eigenvalue weighted by Crippen LogP contribution is 2.28. The number of hydrogen-bond acceptors (Lipinski definition) is 2. The van der Waals surface area contributed by atoms with Crippen LogP contribution >= 0.6 is 0 Å². The van der Waals surface area contributed by atoms with Gasteiger partial charge < -0.3 is 10.1 Å². The van der Waals surface area contributed by atoms with Crippen LogP contribution in [0.1, 0.15) is 28.9 Å². The van der Waals surface area contributed by atoms with Crippen molar-refractivity contribution in [2.24, 2.45) is 0 Å². The molecule has 3 aromatic rings. The number of nitrogens with one attached hydrogen (secondary N) is 1. The first kappa shape index (κ1) is 18.5. The summed E-state index contributed by atoms with van der Waals surface area (Å²) >= 11 is 0. The molecule has 0 aliphatic heterocycles. The van der Waals surface area contributed by atoms with Crippen LogP contribution in [0, 0.1) is 17.5 Å². The molecule has 6 heteroatoms. The summed E-state index contributed by atoms with van der Waals surface area (Å²) in [6, 6.07) is 15.4. The predicted molar refractivity (Wildman–Crippen MR) is 95.2 cm³/mol. The van der Waals surface area contributed by atoms with Crippen LogP contribution in [0.3, 0.4) is 0 Å². The Labute approximate surface area is 154 Å². The van der Waals surface area contributed by atoms with Crippen LogP contribution in [-0.2, 0) is 0 Å². The van der Waals surface area contributed by atoms with Gasteiger partial charge in [0.1, 0.15) is 17.3 Å². The molecule has 1 N–H and O–H groups in total. The van der Waals surface area contributed by atoms with Crippen LogP contribution in [0.25, 0.3) is 0 Å². The molecule has 3 nitrogen and oxygen atoms in total. The molecule has 138 valence electrons. The van der Waals surface area contributed by atoms with Crippen molar-refractivity contribution in [1.82, 2.24) is 5.32 Å². The van der Waals surface area contributed by atoms with Gasteiger partial charge >= 0.3 is 0 Å². The summed E-state index contributed by atoms with van der Waals surface area (Å²) in [6.45, 7) is 1.77. The van der Waals surface area contributed by atoms with Gasteiger partial charge in [0, 0.05) is 6.07 Å². The van der Waals surface area contributed by atoms with Gasteiger partial charge in [0.25, 0.3) is 5.91 Å². The molecule has 0 unspecified atom stereocenters. The number of amides is 1. The first-order chi connectivity index (χ1) is 12.9. The van der Waals surface area contributed by atoms with Gasteiger partial charge in [0.2, 0.25) is 0 Å². The Bertz CT molecular complexity index is 944. The molecule has 3 rings (SSSR count). The molecule has 1 atom stereocenters. The van der Waals surface area contributed by atoms with E-state index in [1.807, 2.05) is 30.3 Å².